The topological polar surface area (TPSA) is 0 Å². The maximum atomic E-state index is 6.01. The average molecular weight is 423 g/mol. The first-order valence-corrected chi connectivity index (χ1v) is 10.2. The predicted octanol–water partition coefficient (Wildman–Crippen LogP) is 7.16. The summed E-state index contributed by atoms with van der Waals surface area (Å²) in [5.74, 6) is 12.8. The zero-order chi connectivity index (χ0) is 21.1. The van der Waals surface area contributed by atoms with E-state index in [0.717, 1.165) is 54.2 Å². The predicted molar refractivity (Wildman–Crippen MR) is 126 cm³/mol. The van der Waals surface area contributed by atoms with E-state index in [2.05, 4.69) is 35.8 Å². The zero-order valence-electron chi connectivity index (χ0n) is 16.5. The fourth-order valence-electron chi connectivity index (χ4n) is 3.07. The van der Waals surface area contributed by atoms with Gasteiger partial charge in [-0.15, -0.1) is 0 Å². The van der Waals surface area contributed by atoms with Crippen molar-refractivity contribution in [3.05, 3.63) is 116 Å². The van der Waals surface area contributed by atoms with Crippen LogP contribution >= 0.6 is 23.2 Å². The van der Waals surface area contributed by atoms with Crippen molar-refractivity contribution in [1.29, 1.82) is 0 Å². The van der Waals surface area contributed by atoms with Gasteiger partial charge in [-0.2, -0.15) is 0 Å². The van der Waals surface area contributed by atoms with E-state index >= 15 is 0 Å². The lowest BCUT2D eigenvalue weighted by atomic mass is 10.0. The fraction of sp³-hybridized carbons (Fsp3) is 0.0714. The summed E-state index contributed by atoms with van der Waals surface area (Å²) in [6, 6.07) is 25.8. The van der Waals surface area contributed by atoms with Crippen molar-refractivity contribution in [2.45, 2.75) is 13.8 Å². The number of aryl methyl sites for hydroxylation is 2. The van der Waals surface area contributed by atoms with Crippen molar-refractivity contribution in [2.24, 2.45) is 0 Å². The highest BCUT2D eigenvalue weighted by Crippen LogP contribution is 2.19. The van der Waals surface area contributed by atoms with Gasteiger partial charge in [-0.1, -0.05) is 46.9 Å². The summed E-state index contributed by atoms with van der Waals surface area (Å²) in [4.78, 5) is 0. The van der Waals surface area contributed by atoms with Crippen LogP contribution in [0.1, 0.15) is 33.4 Å². The van der Waals surface area contributed by atoms with Gasteiger partial charge < -0.3 is 0 Å². The molecule has 4 aromatic carbocycles. The molecule has 0 saturated carbocycles. The molecule has 0 fully saturated rings. The van der Waals surface area contributed by atoms with E-state index in [1.807, 2.05) is 74.5 Å². The molecule has 2 heteroatoms. The van der Waals surface area contributed by atoms with Crippen LogP contribution in [-0.4, -0.2) is 0 Å². The molecular formula is C28H16Cl2. The van der Waals surface area contributed by atoms with Gasteiger partial charge in [-0.05, 0) is 109 Å². The molecule has 4 rings (SSSR count). The standard InChI is InChI=1S/C28H16Cl2/c1-19-15-27(29)13-11-23(19)7-3-21-5-9-26-18-22(6-10-25(26)17-21)4-8-24-12-14-28(30)16-20(24)2/h9-18H,1-2H3. The van der Waals surface area contributed by atoms with E-state index in [9.17, 15) is 0 Å². The second-order valence-electron chi connectivity index (χ2n) is 7.02. The molecule has 2 radical (unpaired) electrons. The molecule has 0 aliphatic heterocycles. The summed E-state index contributed by atoms with van der Waals surface area (Å²) < 4.78 is 0. The molecule has 0 saturated heterocycles. The molecule has 0 bridgehead atoms. The molecule has 142 valence electrons. The first kappa shape index (κ1) is 20.1. The lowest BCUT2D eigenvalue weighted by Gasteiger charge is -2.00. The minimum Gasteiger partial charge on any atom is -0.0843 e. The first-order valence-electron chi connectivity index (χ1n) is 9.41. The summed E-state index contributed by atoms with van der Waals surface area (Å²) in [5, 5.41) is 3.55. The molecule has 0 unspecified atom stereocenters. The summed E-state index contributed by atoms with van der Waals surface area (Å²) in [7, 11) is 0. The monoisotopic (exact) mass is 422 g/mol. The van der Waals surface area contributed by atoms with Gasteiger partial charge >= 0.3 is 0 Å². The minimum absolute atomic E-state index is 0.719. The molecule has 0 aromatic heterocycles. The zero-order valence-corrected chi connectivity index (χ0v) is 18.0. The molecule has 0 heterocycles. The van der Waals surface area contributed by atoms with E-state index < -0.39 is 0 Å². The molecule has 0 amide bonds. The lowest BCUT2D eigenvalue weighted by Crippen LogP contribution is -1.84. The third-order valence-corrected chi connectivity index (χ3v) is 5.21. The Kier molecular flexibility index (Phi) is 5.83. The molecule has 0 nitrogen and oxygen atoms in total. The van der Waals surface area contributed by atoms with Crippen LogP contribution in [0.4, 0.5) is 0 Å². The molecule has 0 aliphatic carbocycles. The Bertz CT molecular complexity index is 1280. The highest BCUT2D eigenvalue weighted by molar-refractivity contribution is 6.31. The number of halogens is 2. The van der Waals surface area contributed by atoms with Crippen LogP contribution in [0.3, 0.4) is 0 Å². The Morgan fingerprint density at radius 2 is 1.03 bits per heavy atom. The SMILES string of the molecule is Cc1cc(Cl)ccc1C#Cc1[c]cc2cc(C#Cc3ccc(Cl)cc3C)[c]cc2c1. The Balaban J connectivity index is 1.61. The van der Waals surface area contributed by atoms with Crippen LogP contribution < -0.4 is 0 Å². The van der Waals surface area contributed by atoms with E-state index in [1.54, 1.807) is 0 Å². The van der Waals surface area contributed by atoms with Gasteiger partial charge in [-0.25, -0.2) is 0 Å². The van der Waals surface area contributed by atoms with Crippen molar-refractivity contribution in [3.63, 3.8) is 0 Å². The molecule has 0 spiro atoms. The van der Waals surface area contributed by atoms with Crippen molar-refractivity contribution in [3.8, 4) is 23.7 Å². The highest BCUT2D eigenvalue weighted by Gasteiger charge is 2.00. The summed E-state index contributed by atoms with van der Waals surface area (Å²) in [6.07, 6.45) is 0. The van der Waals surface area contributed by atoms with Gasteiger partial charge in [0.1, 0.15) is 0 Å². The quantitative estimate of drug-likeness (QED) is 0.263. The fourth-order valence-corrected chi connectivity index (χ4v) is 3.52. The van der Waals surface area contributed by atoms with Gasteiger partial charge in [0, 0.05) is 32.3 Å². The van der Waals surface area contributed by atoms with E-state index in [4.69, 9.17) is 23.2 Å². The smallest absolute Gasteiger partial charge is 0.0409 e. The Labute approximate surface area is 187 Å². The number of hydrogen-bond acceptors (Lipinski definition) is 0. The molecule has 30 heavy (non-hydrogen) atoms. The largest absolute Gasteiger partial charge is 0.0843 e. The molecule has 4 aromatic rings. The van der Waals surface area contributed by atoms with Gasteiger partial charge in [0.05, 0.1) is 0 Å². The van der Waals surface area contributed by atoms with Crippen molar-refractivity contribution < 1.29 is 0 Å². The van der Waals surface area contributed by atoms with Gasteiger partial charge in [0.2, 0.25) is 0 Å². The van der Waals surface area contributed by atoms with Crippen LogP contribution in [0.15, 0.2) is 60.7 Å². The van der Waals surface area contributed by atoms with Crippen LogP contribution in [0.2, 0.25) is 10.0 Å². The van der Waals surface area contributed by atoms with Crippen LogP contribution in [0, 0.1) is 49.7 Å². The third kappa shape index (κ3) is 4.69. The number of benzene rings is 4. The molecule has 0 aliphatic rings. The Morgan fingerprint density at radius 1 is 0.600 bits per heavy atom. The molecule has 0 atom stereocenters. The van der Waals surface area contributed by atoms with E-state index in [-0.39, 0.29) is 0 Å². The Morgan fingerprint density at radius 3 is 1.43 bits per heavy atom. The average Bonchev–Trinajstić information content (AvgIpc) is 2.72. The second-order valence-corrected chi connectivity index (χ2v) is 7.90. The number of rotatable bonds is 0. The summed E-state index contributed by atoms with van der Waals surface area (Å²) in [6.45, 7) is 4.01. The number of hydrogen-bond donors (Lipinski definition) is 0. The van der Waals surface area contributed by atoms with Crippen molar-refractivity contribution in [2.75, 3.05) is 0 Å². The van der Waals surface area contributed by atoms with Gasteiger partial charge in [-0.3, -0.25) is 0 Å². The second kappa shape index (κ2) is 8.69. The van der Waals surface area contributed by atoms with Crippen molar-refractivity contribution >= 4 is 34.0 Å². The van der Waals surface area contributed by atoms with Crippen LogP contribution in [0.5, 0.6) is 0 Å². The summed E-state index contributed by atoms with van der Waals surface area (Å²) >= 11 is 12.0. The maximum absolute atomic E-state index is 6.01. The van der Waals surface area contributed by atoms with Crippen molar-refractivity contribution in [1.82, 2.24) is 0 Å². The number of fused-ring (bicyclic) bond motifs is 1. The Hall–Kier alpha value is -3.16. The first-order chi connectivity index (χ1) is 14.5. The summed E-state index contributed by atoms with van der Waals surface area (Å²) in [5.41, 5.74) is 5.71. The van der Waals surface area contributed by atoms with E-state index in [0.29, 0.717) is 0 Å². The minimum atomic E-state index is 0.719. The van der Waals surface area contributed by atoms with Gasteiger partial charge in [0.25, 0.3) is 0 Å². The van der Waals surface area contributed by atoms with Crippen LogP contribution in [-0.2, 0) is 0 Å². The highest BCUT2D eigenvalue weighted by atomic mass is 35.5. The van der Waals surface area contributed by atoms with E-state index in [1.165, 1.54) is 0 Å². The normalized spacial score (nSPS) is 10.1. The molecular weight excluding hydrogens is 407 g/mol. The third-order valence-electron chi connectivity index (χ3n) is 4.74. The molecule has 0 N–H and O–H groups in total. The lowest BCUT2D eigenvalue weighted by molar-refractivity contribution is 1.44. The van der Waals surface area contributed by atoms with Crippen LogP contribution in [0.25, 0.3) is 10.8 Å². The maximum Gasteiger partial charge on any atom is 0.0409 e. The van der Waals surface area contributed by atoms with Gasteiger partial charge in [0.15, 0.2) is 0 Å².